The van der Waals surface area contributed by atoms with E-state index in [-0.39, 0.29) is 0 Å². The fourth-order valence-corrected chi connectivity index (χ4v) is 2.94. The van der Waals surface area contributed by atoms with Crippen molar-refractivity contribution in [1.82, 2.24) is 4.98 Å². The number of hydrogen-bond donors (Lipinski definition) is 0. The van der Waals surface area contributed by atoms with Crippen molar-refractivity contribution in [2.75, 3.05) is 0 Å². The number of nitrogens with zero attached hydrogens (tertiary/aromatic N) is 1. The number of thiazole rings is 1. The third-order valence-electron chi connectivity index (χ3n) is 3.02. The van der Waals surface area contributed by atoms with E-state index in [0.29, 0.717) is 5.92 Å². The van der Waals surface area contributed by atoms with Gasteiger partial charge < -0.3 is 0 Å². The van der Waals surface area contributed by atoms with Crippen LogP contribution in [0, 0.1) is 0 Å². The van der Waals surface area contributed by atoms with Gasteiger partial charge in [0.15, 0.2) is 0 Å². The first-order valence-corrected chi connectivity index (χ1v) is 7.21. The predicted molar refractivity (Wildman–Crippen MR) is 75.9 cm³/mol. The summed E-state index contributed by atoms with van der Waals surface area (Å²) in [6.45, 7) is 4.44. The highest BCUT2D eigenvalue weighted by atomic mass is 35.5. The second-order valence-electron chi connectivity index (χ2n) is 4.10. The Bertz CT molecular complexity index is 471. The molecular weight excluding hydrogens is 250 g/mol. The molecule has 3 heteroatoms. The number of hydrogen-bond acceptors (Lipinski definition) is 2. The van der Waals surface area contributed by atoms with Crippen LogP contribution in [0.15, 0.2) is 29.6 Å². The summed E-state index contributed by atoms with van der Waals surface area (Å²) < 4.78 is 0. The summed E-state index contributed by atoms with van der Waals surface area (Å²) in [6, 6.07) is 7.87. The molecule has 0 bridgehead atoms. The highest BCUT2D eigenvalue weighted by Crippen LogP contribution is 2.30. The molecule has 1 aromatic carbocycles. The maximum atomic E-state index is 5.88. The quantitative estimate of drug-likeness (QED) is 0.724. The first kappa shape index (κ1) is 12.6. The Morgan fingerprint density at radius 2 is 1.82 bits per heavy atom. The van der Waals surface area contributed by atoms with Gasteiger partial charge in [-0.15, -0.1) is 11.3 Å². The molecule has 0 aliphatic heterocycles. The highest BCUT2D eigenvalue weighted by molar-refractivity contribution is 7.13. The summed E-state index contributed by atoms with van der Waals surface area (Å²) in [5.74, 6) is 0.590. The van der Waals surface area contributed by atoms with Crippen LogP contribution in [0.1, 0.15) is 38.3 Å². The van der Waals surface area contributed by atoms with Gasteiger partial charge in [-0.25, -0.2) is 4.98 Å². The Hall–Kier alpha value is -0.860. The second-order valence-corrected chi connectivity index (χ2v) is 5.39. The molecule has 0 atom stereocenters. The fourth-order valence-electron chi connectivity index (χ4n) is 1.91. The molecule has 17 heavy (non-hydrogen) atoms. The average molecular weight is 266 g/mol. The van der Waals surface area contributed by atoms with Crippen LogP contribution in [0.3, 0.4) is 0 Å². The van der Waals surface area contributed by atoms with Crippen molar-refractivity contribution < 1.29 is 0 Å². The molecule has 0 aliphatic rings. The van der Waals surface area contributed by atoms with E-state index in [4.69, 9.17) is 16.6 Å². The van der Waals surface area contributed by atoms with Gasteiger partial charge in [-0.2, -0.15) is 0 Å². The molecule has 90 valence electrons. The molecule has 0 unspecified atom stereocenters. The van der Waals surface area contributed by atoms with Gasteiger partial charge in [-0.1, -0.05) is 37.6 Å². The molecule has 2 aromatic rings. The molecule has 0 amide bonds. The van der Waals surface area contributed by atoms with Crippen molar-refractivity contribution in [3.8, 4) is 10.6 Å². The van der Waals surface area contributed by atoms with E-state index in [1.165, 1.54) is 5.69 Å². The zero-order chi connectivity index (χ0) is 12.3. The van der Waals surface area contributed by atoms with E-state index in [0.717, 1.165) is 28.4 Å². The minimum absolute atomic E-state index is 0.590. The van der Waals surface area contributed by atoms with Crippen LogP contribution in [0.5, 0.6) is 0 Å². The van der Waals surface area contributed by atoms with E-state index in [2.05, 4.69) is 19.2 Å². The summed E-state index contributed by atoms with van der Waals surface area (Å²) in [7, 11) is 0. The van der Waals surface area contributed by atoms with E-state index >= 15 is 0 Å². The van der Waals surface area contributed by atoms with Gasteiger partial charge in [0.05, 0.1) is 5.69 Å². The maximum absolute atomic E-state index is 5.88. The van der Waals surface area contributed by atoms with Gasteiger partial charge in [-0.05, 0) is 25.0 Å². The normalized spacial score (nSPS) is 11.1. The first-order chi connectivity index (χ1) is 8.24. The summed E-state index contributed by atoms with van der Waals surface area (Å²) in [4.78, 5) is 4.73. The van der Waals surface area contributed by atoms with Crippen LogP contribution in [-0.2, 0) is 0 Å². The lowest BCUT2D eigenvalue weighted by atomic mass is 10.0. The Morgan fingerprint density at radius 3 is 2.41 bits per heavy atom. The highest BCUT2D eigenvalue weighted by Gasteiger charge is 2.11. The van der Waals surface area contributed by atoms with Crippen molar-refractivity contribution >= 4 is 22.9 Å². The van der Waals surface area contributed by atoms with Gasteiger partial charge in [0.1, 0.15) is 5.01 Å². The van der Waals surface area contributed by atoms with E-state index < -0.39 is 0 Å². The van der Waals surface area contributed by atoms with Crippen molar-refractivity contribution in [1.29, 1.82) is 0 Å². The third kappa shape index (κ3) is 2.88. The number of rotatable bonds is 4. The monoisotopic (exact) mass is 265 g/mol. The van der Waals surface area contributed by atoms with E-state index in [9.17, 15) is 0 Å². The lowest BCUT2D eigenvalue weighted by Crippen LogP contribution is -1.95. The Kier molecular flexibility index (Phi) is 4.19. The zero-order valence-electron chi connectivity index (χ0n) is 10.1. The van der Waals surface area contributed by atoms with Gasteiger partial charge in [0, 0.05) is 21.9 Å². The molecule has 1 heterocycles. The lowest BCUT2D eigenvalue weighted by Gasteiger charge is -2.07. The summed E-state index contributed by atoms with van der Waals surface area (Å²) in [6.07, 6.45) is 2.31. The maximum Gasteiger partial charge on any atom is 0.123 e. The molecule has 0 N–H and O–H groups in total. The van der Waals surface area contributed by atoms with Gasteiger partial charge in [0.2, 0.25) is 0 Å². The molecule has 0 saturated heterocycles. The Labute approximate surface area is 111 Å². The number of benzene rings is 1. The Balaban J connectivity index is 2.26. The van der Waals surface area contributed by atoms with Crippen LogP contribution in [0.25, 0.3) is 10.6 Å². The largest absolute Gasteiger partial charge is 0.241 e. The SMILES string of the molecule is CCC(CC)c1csc(-c2ccc(Cl)cc2)n1. The topological polar surface area (TPSA) is 12.9 Å². The molecule has 0 spiro atoms. The number of aromatic nitrogens is 1. The van der Waals surface area contributed by atoms with Crippen molar-refractivity contribution in [2.45, 2.75) is 32.6 Å². The standard InChI is InChI=1S/C14H16ClNS/c1-3-10(4-2)13-9-17-14(16-13)11-5-7-12(15)8-6-11/h5-10H,3-4H2,1-2H3. The van der Waals surface area contributed by atoms with Gasteiger partial charge in [0.25, 0.3) is 0 Å². The van der Waals surface area contributed by atoms with Gasteiger partial charge >= 0.3 is 0 Å². The first-order valence-electron chi connectivity index (χ1n) is 5.96. The molecule has 0 aliphatic carbocycles. The van der Waals surface area contributed by atoms with E-state index in [1.54, 1.807) is 11.3 Å². The smallest absolute Gasteiger partial charge is 0.123 e. The predicted octanol–water partition coefficient (Wildman–Crippen LogP) is 5.37. The summed E-state index contributed by atoms with van der Waals surface area (Å²) in [5, 5.41) is 4.04. The molecule has 0 saturated carbocycles. The average Bonchev–Trinajstić information content (AvgIpc) is 2.81. The van der Waals surface area contributed by atoms with Gasteiger partial charge in [-0.3, -0.25) is 0 Å². The minimum atomic E-state index is 0.590. The van der Waals surface area contributed by atoms with Crippen LogP contribution in [0.2, 0.25) is 5.02 Å². The second kappa shape index (κ2) is 5.65. The molecule has 1 aromatic heterocycles. The Morgan fingerprint density at radius 1 is 1.18 bits per heavy atom. The van der Waals surface area contributed by atoms with Crippen LogP contribution in [-0.4, -0.2) is 4.98 Å². The summed E-state index contributed by atoms with van der Waals surface area (Å²) in [5.41, 5.74) is 2.38. The molecule has 0 fully saturated rings. The molecular formula is C14H16ClNS. The summed E-state index contributed by atoms with van der Waals surface area (Å²) >= 11 is 7.60. The number of halogens is 1. The molecule has 1 nitrogen and oxygen atoms in total. The third-order valence-corrected chi connectivity index (χ3v) is 4.18. The van der Waals surface area contributed by atoms with Crippen molar-refractivity contribution in [3.05, 3.63) is 40.4 Å². The lowest BCUT2D eigenvalue weighted by molar-refractivity contribution is 0.627. The van der Waals surface area contributed by atoms with Crippen LogP contribution in [0.4, 0.5) is 0 Å². The van der Waals surface area contributed by atoms with Crippen molar-refractivity contribution in [2.24, 2.45) is 0 Å². The van der Waals surface area contributed by atoms with Crippen LogP contribution >= 0.6 is 22.9 Å². The molecule has 0 radical (unpaired) electrons. The van der Waals surface area contributed by atoms with E-state index in [1.807, 2.05) is 24.3 Å². The fraction of sp³-hybridized carbons (Fsp3) is 0.357. The van der Waals surface area contributed by atoms with Crippen LogP contribution < -0.4 is 0 Å². The van der Waals surface area contributed by atoms with Crippen molar-refractivity contribution in [3.63, 3.8) is 0 Å². The zero-order valence-corrected chi connectivity index (χ0v) is 11.7. The molecule has 2 rings (SSSR count). The minimum Gasteiger partial charge on any atom is -0.241 e.